The van der Waals surface area contributed by atoms with Crippen molar-refractivity contribution in [3.63, 3.8) is 0 Å². The first-order valence-corrected chi connectivity index (χ1v) is 13.9. The molecule has 0 amide bonds. The van der Waals surface area contributed by atoms with E-state index in [-0.39, 0.29) is 0 Å². The molecule has 2 fully saturated rings. The number of rotatable bonds is 6. The summed E-state index contributed by atoms with van der Waals surface area (Å²) in [6, 6.07) is 8.40. The average molecular weight is 553 g/mol. The summed E-state index contributed by atoms with van der Waals surface area (Å²) in [5.41, 5.74) is 1.82. The van der Waals surface area contributed by atoms with Gasteiger partial charge in [0.1, 0.15) is 17.3 Å². The topological polar surface area (TPSA) is 67.6 Å². The normalized spacial score (nSPS) is 24.3. The van der Waals surface area contributed by atoms with Crippen LogP contribution in [0.3, 0.4) is 0 Å². The maximum Gasteiger partial charge on any atom is 0.416 e. The van der Waals surface area contributed by atoms with Gasteiger partial charge in [-0.05, 0) is 77.1 Å². The van der Waals surface area contributed by atoms with Gasteiger partial charge in [0.15, 0.2) is 5.65 Å². The SMILES string of the molecule is COC1(c2cc3c(N[C@H](C)c4cccc(C(F)(F)F)c4)nc(C)nc3n3ccnc23)CC2CCC(C1)N2C(C)C. The Hall–Kier alpha value is -3.24. The molecule has 2 bridgehead atoms. The second kappa shape index (κ2) is 9.69. The van der Waals surface area contributed by atoms with Crippen LogP contribution in [0.2, 0.25) is 0 Å². The lowest BCUT2D eigenvalue weighted by Gasteiger charge is -2.47. The van der Waals surface area contributed by atoms with Gasteiger partial charge in [-0.25, -0.2) is 15.0 Å². The minimum atomic E-state index is -4.41. The molecule has 0 radical (unpaired) electrons. The molecule has 7 nitrogen and oxygen atoms in total. The van der Waals surface area contributed by atoms with Crippen LogP contribution in [0.25, 0.3) is 16.7 Å². The number of nitrogens with one attached hydrogen (secondary N) is 1. The molecule has 2 aliphatic heterocycles. The Bertz CT molecular complexity index is 1550. The molecule has 4 aromatic rings. The van der Waals surface area contributed by atoms with Gasteiger partial charge in [-0.15, -0.1) is 0 Å². The van der Waals surface area contributed by atoms with Crippen molar-refractivity contribution in [2.24, 2.45) is 0 Å². The minimum absolute atomic E-state index is 0.428. The number of piperidine rings is 1. The third-order valence-electron chi connectivity index (χ3n) is 8.79. The second-order valence-electron chi connectivity index (χ2n) is 11.6. The molecule has 2 unspecified atom stereocenters. The van der Waals surface area contributed by atoms with Gasteiger partial charge in [-0.1, -0.05) is 12.1 Å². The van der Waals surface area contributed by atoms with E-state index in [4.69, 9.17) is 19.7 Å². The summed E-state index contributed by atoms with van der Waals surface area (Å²) in [5, 5.41) is 4.17. The summed E-state index contributed by atoms with van der Waals surface area (Å²) in [5.74, 6) is 1.12. The molecular formula is C30H35F3N6O. The van der Waals surface area contributed by atoms with E-state index in [0.29, 0.717) is 41.0 Å². The molecule has 6 rings (SSSR count). The number of nitrogens with zero attached hydrogens (tertiary/aromatic N) is 5. The summed E-state index contributed by atoms with van der Waals surface area (Å²) in [4.78, 5) is 16.8. The van der Waals surface area contributed by atoms with Crippen molar-refractivity contribution < 1.29 is 17.9 Å². The number of pyridine rings is 1. The quantitative estimate of drug-likeness (QED) is 0.289. The predicted molar refractivity (Wildman–Crippen MR) is 148 cm³/mol. The van der Waals surface area contributed by atoms with Crippen molar-refractivity contribution in [1.29, 1.82) is 0 Å². The average Bonchev–Trinajstić information content (AvgIpc) is 3.51. The van der Waals surface area contributed by atoms with Crippen molar-refractivity contribution in [2.45, 2.75) is 89.3 Å². The highest BCUT2D eigenvalue weighted by molar-refractivity contribution is 5.90. The molecule has 2 aliphatic rings. The van der Waals surface area contributed by atoms with Crippen LogP contribution in [0, 0.1) is 6.92 Å². The fraction of sp³-hybridized carbons (Fsp3) is 0.500. The largest absolute Gasteiger partial charge is 0.416 e. The van der Waals surface area contributed by atoms with Crippen LogP contribution in [0.5, 0.6) is 0 Å². The summed E-state index contributed by atoms with van der Waals surface area (Å²) >= 11 is 0. The van der Waals surface area contributed by atoms with E-state index >= 15 is 0 Å². The fourth-order valence-electron chi connectivity index (χ4n) is 7.06. The Morgan fingerprint density at radius 1 is 1.05 bits per heavy atom. The van der Waals surface area contributed by atoms with Crippen LogP contribution in [0.15, 0.2) is 42.7 Å². The Balaban J connectivity index is 1.46. The number of aromatic nitrogens is 4. The molecule has 40 heavy (non-hydrogen) atoms. The standard InChI is InChI=1S/C30H35F3N6O/c1-17(2)39-22-9-10-23(39)16-29(15-22,40-5)25-14-24-26(36-19(4)37-27(24)38-12-11-34-28(25)38)35-18(3)20-7-6-8-21(13-20)30(31,32)33/h6-8,11-14,17-18,22-23H,9-10,15-16H2,1-5H3,(H,35,36,37)/t18-,22?,23?,29?/m1/s1. The zero-order chi connectivity index (χ0) is 28.4. The first-order valence-electron chi connectivity index (χ1n) is 13.9. The Kier molecular flexibility index (Phi) is 6.53. The molecule has 0 aliphatic carbocycles. The van der Waals surface area contributed by atoms with Crippen LogP contribution in [0.4, 0.5) is 19.0 Å². The monoisotopic (exact) mass is 552 g/mol. The molecule has 0 spiro atoms. The molecule has 1 N–H and O–H groups in total. The van der Waals surface area contributed by atoms with Gasteiger partial charge in [-0.2, -0.15) is 13.2 Å². The van der Waals surface area contributed by atoms with Gasteiger partial charge in [0.2, 0.25) is 0 Å². The number of ether oxygens (including phenoxy) is 1. The van der Waals surface area contributed by atoms with Crippen LogP contribution >= 0.6 is 0 Å². The second-order valence-corrected chi connectivity index (χ2v) is 11.6. The van der Waals surface area contributed by atoms with Crippen molar-refractivity contribution in [3.05, 3.63) is 65.2 Å². The first kappa shape index (κ1) is 27.0. The molecular weight excluding hydrogens is 517 g/mol. The lowest BCUT2D eigenvalue weighted by atomic mass is 9.79. The third kappa shape index (κ3) is 4.41. The van der Waals surface area contributed by atoms with Gasteiger partial charge >= 0.3 is 6.18 Å². The lowest BCUT2D eigenvalue weighted by Crippen LogP contribution is -2.52. The molecule has 2 saturated heterocycles. The van der Waals surface area contributed by atoms with E-state index in [1.54, 1.807) is 19.4 Å². The molecule has 3 aromatic heterocycles. The Morgan fingerprint density at radius 3 is 2.42 bits per heavy atom. The first-order chi connectivity index (χ1) is 19.0. The summed E-state index contributed by atoms with van der Waals surface area (Å²) in [6.07, 6.45) is 3.29. The highest BCUT2D eigenvalue weighted by Gasteiger charge is 2.51. The van der Waals surface area contributed by atoms with Gasteiger partial charge in [0.05, 0.1) is 16.6 Å². The predicted octanol–water partition coefficient (Wildman–Crippen LogP) is 6.65. The summed E-state index contributed by atoms with van der Waals surface area (Å²) in [6.45, 7) is 8.17. The number of aryl methyl sites for hydroxylation is 1. The Morgan fingerprint density at radius 2 is 1.77 bits per heavy atom. The van der Waals surface area contributed by atoms with Gasteiger partial charge in [0, 0.05) is 49.2 Å². The number of halogens is 3. The van der Waals surface area contributed by atoms with E-state index < -0.39 is 23.4 Å². The van der Waals surface area contributed by atoms with Crippen LogP contribution in [0.1, 0.15) is 75.0 Å². The number of alkyl halides is 3. The van der Waals surface area contributed by atoms with Gasteiger partial charge in [0.25, 0.3) is 0 Å². The zero-order valence-corrected chi connectivity index (χ0v) is 23.5. The third-order valence-corrected chi connectivity index (χ3v) is 8.79. The van der Waals surface area contributed by atoms with E-state index in [9.17, 15) is 13.2 Å². The highest BCUT2D eigenvalue weighted by atomic mass is 19.4. The molecule has 5 heterocycles. The Labute approximate surface area is 231 Å². The number of hydrogen-bond acceptors (Lipinski definition) is 6. The molecule has 0 saturated carbocycles. The maximum absolute atomic E-state index is 13.4. The number of methoxy groups -OCH3 is 1. The van der Waals surface area contributed by atoms with Crippen LogP contribution < -0.4 is 5.32 Å². The van der Waals surface area contributed by atoms with E-state index in [2.05, 4.69) is 30.1 Å². The van der Waals surface area contributed by atoms with Crippen molar-refractivity contribution in [2.75, 3.05) is 12.4 Å². The highest BCUT2D eigenvalue weighted by Crippen LogP contribution is 2.50. The molecule has 1 aromatic carbocycles. The van der Waals surface area contributed by atoms with E-state index in [1.807, 2.05) is 24.4 Å². The molecule has 212 valence electrons. The van der Waals surface area contributed by atoms with Crippen molar-refractivity contribution in [3.8, 4) is 0 Å². The number of anilines is 1. The van der Waals surface area contributed by atoms with Gasteiger partial charge in [-0.3, -0.25) is 9.30 Å². The number of fused-ring (bicyclic) bond motifs is 5. The fourth-order valence-corrected chi connectivity index (χ4v) is 7.06. The lowest BCUT2D eigenvalue weighted by molar-refractivity contribution is -0.137. The van der Waals surface area contributed by atoms with E-state index in [0.717, 1.165) is 48.3 Å². The smallest absolute Gasteiger partial charge is 0.373 e. The van der Waals surface area contributed by atoms with Gasteiger partial charge < -0.3 is 10.1 Å². The maximum atomic E-state index is 13.4. The van der Waals surface area contributed by atoms with Crippen LogP contribution in [-0.2, 0) is 16.5 Å². The minimum Gasteiger partial charge on any atom is -0.373 e. The van der Waals surface area contributed by atoms with Crippen molar-refractivity contribution >= 4 is 22.5 Å². The summed E-state index contributed by atoms with van der Waals surface area (Å²) in [7, 11) is 1.79. The number of benzene rings is 1. The number of imidazole rings is 1. The van der Waals surface area contributed by atoms with Crippen LogP contribution in [-0.4, -0.2) is 49.5 Å². The number of hydrogen-bond donors (Lipinski definition) is 1. The summed E-state index contributed by atoms with van der Waals surface area (Å²) < 4.78 is 48.6. The van der Waals surface area contributed by atoms with Crippen molar-refractivity contribution in [1.82, 2.24) is 24.3 Å². The molecule has 3 atom stereocenters. The molecule has 10 heteroatoms. The van der Waals surface area contributed by atoms with E-state index in [1.165, 1.54) is 12.1 Å². The zero-order valence-electron chi connectivity index (χ0n) is 23.5.